The third-order valence-corrected chi connectivity index (χ3v) is 3.18. The molecular weight excluding hydrogens is 272 g/mol. The van der Waals surface area contributed by atoms with Gasteiger partial charge in [0.25, 0.3) is 0 Å². The minimum Gasteiger partial charge on any atom is -0.507 e. The number of esters is 1. The molecule has 0 saturated heterocycles. The maximum absolute atomic E-state index is 12.1. The minimum absolute atomic E-state index is 0.0583. The van der Waals surface area contributed by atoms with Gasteiger partial charge >= 0.3 is 5.97 Å². The fourth-order valence-corrected chi connectivity index (χ4v) is 2.07. The third kappa shape index (κ3) is 4.15. The van der Waals surface area contributed by atoms with Crippen LogP contribution in [0.15, 0.2) is 24.3 Å². The van der Waals surface area contributed by atoms with Crippen LogP contribution in [0.1, 0.15) is 36.0 Å². The first-order valence-corrected chi connectivity index (χ1v) is 7.08. The lowest BCUT2D eigenvalue weighted by molar-refractivity contribution is 0.0493. The van der Waals surface area contributed by atoms with Gasteiger partial charge in [0.15, 0.2) is 0 Å². The molecule has 1 aromatic rings. The molecule has 1 aliphatic heterocycles. The van der Waals surface area contributed by atoms with Gasteiger partial charge in [-0.3, -0.25) is 0 Å². The molecule has 1 N–H and O–H groups in total. The van der Waals surface area contributed by atoms with Gasteiger partial charge < -0.3 is 19.3 Å². The quantitative estimate of drug-likeness (QED) is 0.636. The normalized spacial score (nSPS) is 16.5. The van der Waals surface area contributed by atoms with Crippen LogP contribution >= 0.6 is 0 Å². The molecule has 0 radical (unpaired) electrons. The van der Waals surface area contributed by atoms with Crippen LogP contribution in [0.25, 0.3) is 0 Å². The highest BCUT2D eigenvalue weighted by atomic mass is 16.5. The molecule has 0 atom stereocenters. The standard InChI is InChI=1S/C16H20O5/c1-19-12-10-13(17)15-14(11-12)20-8-6-4-2-3-5-7-9-21-16(15)18/h2-3,10-11,17H,4-9H2,1H3. The minimum atomic E-state index is -0.576. The molecule has 1 aromatic carbocycles. The zero-order chi connectivity index (χ0) is 15.1. The van der Waals surface area contributed by atoms with Crippen molar-refractivity contribution >= 4 is 5.97 Å². The lowest BCUT2D eigenvalue weighted by atomic mass is 10.1. The number of fused-ring (bicyclic) bond motifs is 1. The van der Waals surface area contributed by atoms with E-state index in [0.717, 1.165) is 25.7 Å². The average molecular weight is 292 g/mol. The monoisotopic (exact) mass is 292 g/mol. The molecule has 0 aliphatic carbocycles. The molecule has 0 spiro atoms. The molecule has 0 fully saturated rings. The predicted octanol–water partition coefficient (Wildman–Crippen LogP) is 3.07. The fraction of sp³-hybridized carbons (Fsp3) is 0.438. The van der Waals surface area contributed by atoms with E-state index in [1.807, 2.05) is 0 Å². The van der Waals surface area contributed by atoms with Crippen LogP contribution in [0.3, 0.4) is 0 Å². The van der Waals surface area contributed by atoms with Gasteiger partial charge in [-0.1, -0.05) is 12.2 Å². The number of allylic oxidation sites excluding steroid dienone is 2. The Bertz CT molecular complexity index is 522. The summed E-state index contributed by atoms with van der Waals surface area (Å²) in [6.07, 6.45) is 7.57. The number of hydrogen-bond acceptors (Lipinski definition) is 5. The summed E-state index contributed by atoms with van der Waals surface area (Å²) in [5.41, 5.74) is 0.0583. The lowest BCUT2D eigenvalue weighted by Crippen LogP contribution is -2.10. The second kappa shape index (κ2) is 7.57. The van der Waals surface area contributed by atoms with E-state index < -0.39 is 5.97 Å². The summed E-state index contributed by atoms with van der Waals surface area (Å²) in [6, 6.07) is 2.97. The number of rotatable bonds is 1. The number of cyclic esters (lactones) is 1. The number of aromatic hydroxyl groups is 1. The van der Waals surface area contributed by atoms with E-state index in [-0.39, 0.29) is 11.3 Å². The number of hydrogen-bond donors (Lipinski definition) is 1. The smallest absolute Gasteiger partial charge is 0.345 e. The average Bonchev–Trinajstić information content (AvgIpc) is 2.49. The summed E-state index contributed by atoms with van der Waals surface area (Å²) in [5, 5.41) is 10.0. The van der Waals surface area contributed by atoms with Crippen LogP contribution in [0.5, 0.6) is 17.2 Å². The highest BCUT2D eigenvalue weighted by Gasteiger charge is 2.21. The molecular formula is C16H20O5. The molecule has 0 unspecified atom stereocenters. The first-order chi connectivity index (χ1) is 10.2. The molecule has 0 bridgehead atoms. The molecule has 0 amide bonds. The lowest BCUT2D eigenvalue weighted by Gasteiger charge is -2.14. The van der Waals surface area contributed by atoms with Gasteiger partial charge in [-0.2, -0.15) is 0 Å². The highest BCUT2D eigenvalue weighted by Crippen LogP contribution is 2.34. The summed E-state index contributed by atoms with van der Waals surface area (Å²) in [6.45, 7) is 0.769. The first-order valence-electron chi connectivity index (χ1n) is 7.08. The SMILES string of the molecule is COc1cc(O)c2c(c1)OCCCC=CCCCOC2=O. The second-order valence-corrected chi connectivity index (χ2v) is 4.76. The summed E-state index contributed by atoms with van der Waals surface area (Å²) in [5.74, 6) is -0.0425. The Morgan fingerprint density at radius 3 is 2.43 bits per heavy atom. The number of ether oxygens (including phenoxy) is 3. The topological polar surface area (TPSA) is 65.0 Å². The predicted molar refractivity (Wildman–Crippen MR) is 78.0 cm³/mol. The zero-order valence-corrected chi connectivity index (χ0v) is 12.1. The van der Waals surface area contributed by atoms with Crippen LogP contribution < -0.4 is 9.47 Å². The van der Waals surface area contributed by atoms with Crippen molar-refractivity contribution in [3.05, 3.63) is 29.8 Å². The van der Waals surface area contributed by atoms with Crippen LogP contribution in [0.4, 0.5) is 0 Å². The molecule has 1 heterocycles. The Labute approximate surface area is 124 Å². The number of carbonyl (C=O) groups is 1. The molecule has 5 heteroatoms. The van der Waals surface area contributed by atoms with Crippen molar-refractivity contribution in [1.29, 1.82) is 0 Å². The Balaban J connectivity index is 2.28. The number of benzene rings is 1. The number of phenols is 1. The van der Waals surface area contributed by atoms with Crippen molar-refractivity contribution in [2.24, 2.45) is 0 Å². The van der Waals surface area contributed by atoms with E-state index in [0.29, 0.717) is 24.7 Å². The zero-order valence-electron chi connectivity index (χ0n) is 12.1. The first kappa shape index (κ1) is 15.2. The molecule has 0 aromatic heterocycles. The summed E-state index contributed by atoms with van der Waals surface area (Å²) in [7, 11) is 1.49. The van der Waals surface area contributed by atoms with Crippen molar-refractivity contribution in [2.45, 2.75) is 25.7 Å². The highest BCUT2D eigenvalue weighted by molar-refractivity contribution is 5.95. The van der Waals surface area contributed by atoms with E-state index in [1.54, 1.807) is 6.07 Å². The molecule has 21 heavy (non-hydrogen) atoms. The van der Waals surface area contributed by atoms with Gasteiger partial charge in [-0.05, 0) is 25.7 Å². The van der Waals surface area contributed by atoms with E-state index in [1.165, 1.54) is 13.2 Å². The van der Waals surface area contributed by atoms with Crippen LogP contribution in [0.2, 0.25) is 0 Å². The summed E-state index contributed by atoms with van der Waals surface area (Å²) >= 11 is 0. The Kier molecular flexibility index (Phi) is 5.49. The van der Waals surface area contributed by atoms with Crippen LogP contribution in [-0.4, -0.2) is 31.4 Å². The van der Waals surface area contributed by atoms with Gasteiger partial charge in [0.2, 0.25) is 0 Å². The largest absolute Gasteiger partial charge is 0.507 e. The van der Waals surface area contributed by atoms with Gasteiger partial charge in [0.1, 0.15) is 22.8 Å². The van der Waals surface area contributed by atoms with Crippen molar-refractivity contribution in [1.82, 2.24) is 0 Å². The number of carbonyl (C=O) groups excluding carboxylic acids is 1. The van der Waals surface area contributed by atoms with Crippen molar-refractivity contribution in [2.75, 3.05) is 20.3 Å². The van der Waals surface area contributed by atoms with Gasteiger partial charge in [0, 0.05) is 12.1 Å². The number of phenolic OH excluding ortho intramolecular Hbond substituents is 1. The van der Waals surface area contributed by atoms with Crippen molar-refractivity contribution < 1.29 is 24.1 Å². The van der Waals surface area contributed by atoms with E-state index in [9.17, 15) is 9.90 Å². The Hall–Kier alpha value is -2.17. The maximum Gasteiger partial charge on any atom is 0.345 e. The van der Waals surface area contributed by atoms with Gasteiger partial charge in [-0.15, -0.1) is 0 Å². The molecule has 5 nitrogen and oxygen atoms in total. The van der Waals surface area contributed by atoms with E-state index in [2.05, 4.69) is 12.2 Å². The van der Waals surface area contributed by atoms with Gasteiger partial charge in [0.05, 0.1) is 20.3 Å². The van der Waals surface area contributed by atoms with Gasteiger partial charge in [-0.25, -0.2) is 4.79 Å². The number of methoxy groups -OCH3 is 1. The van der Waals surface area contributed by atoms with Crippen LogP contribution in [0, 0.1) is 0 Å². The molecule has 2 rings (SSSR count). The summed E-state index contributed by atoms with van der Waals surface area (Å²) in [4.78, 5) is 12.1. The van der Waals surface area contributed by atoms with Crippen molar-refractivity contribution in [3.8, 4) is 17.2 Å². The van der Waals surface area contributed by atoms with Crippen LogP contribution in [-0.2, 0) is 4.74 Å². The van der Waals surface area contributed by atoms with Crippen molar-refractivity contribution in [3.63, 3.8) is 0 Å². The van der Waals surface area contributed by atoms with E-state index in [4.69, 9.17) is 14.2 Å². The summed E-state index contributed by atoms with van der Waals surface area (Å²) < 4.78 is 15.9. The molecule has 114 valence electrons. The third-order valence-electron chi connectivity index (χ3n) is 3.18. The second-order valence-electron chi connectivity index (χ2n) is 4.76. The van der Waals surface area contributed by atoms with E-state index >= 15 is 0 Å². The Morgan fingerprint density at radius 1 is 1.10 bits per heavy atom. The fourth-order valence-electron chi connectivity index (χ4n) is 2.07. The molecule has 1 aliphatic rings. The maximum atomic E-state index is 12.1. The Morgan fingerprint density at radius 2 is 1.76 bits per heavy atom. The molecule has 0 saturated carbocycles.